The molecule has 0 aliphatic carbocycles. The van der Waals surface area contributed by atoms with Gasteiger partial charge in [0.1, 0.15) is 12.4 Å². The number of halogens is 1. The minimum atomic E-state index is -0.970. The molecule has 4 rings (SSSR count). The smallest absolute Gasteiger partial charge is 0.263 e. The number of rotatable bonds is 4. The molecule has 2 aromatic carbocycles. The van der Waals surface area contributed by atoms with Crippen molar-refractivity contribution in [1.29, 1.82) is 0 Å². The monoisotopic (exact) mass is 395 g/mol. The summed E-state index contributed by atoms with van der Waals surface area (Å²) in [6.07, 6.45) is 0. The topological polar surface area (TPSA) is 94.4 Å². The summed E-state index contributed by atoms with van der Waals surface area (Å²) in [5.74, 6) is -1.81. The standard InChI is InChI=1S/C20H18FN5O3/c1-11-3-8-15(9-12(11)2)26-19(28)17-18(20(26)29)25(24-23-17)10-16(27)22-14-6-4-13(21)5-7-14/h3-9,17-18H,10H2,1-2H3,(H,22,27)/t17-,18-/m1/s1. The number of aryl methyl sites for hydroxylation is 2. The van der Waals surface area contributed by atoms with E-state index in [4.69, 9.17) is 0 Å². The van der Waals surface area contributed by atoms with Crippen LogP contribution in [0, 0.1) is 19.7 Å². The lowest BCUT2D eigenvalue weighted by Gasteiger charge is -2.20. The van der Waals surface area contributed by atoms with Crippen LogP contribution in [0.2, 0.25) is 0 Å². The number of fused-ring (bicyclic) bond motifs is 1. The van der Waals surface area contributed by atoms with Gasteiger partial charge in [0.2, 0.25) is 5.91 Å². The first-order valence-corrected chi connectivity index (χ1v) is 9.03. The summed E-state index contributed by atoms with van der Waals surface area (Å²) < 4.78 is 13.0. The first-order chi connectivity index (χ1) is 13.8. The number of carbonyl (C=O) groups is 3. The first kappa shape index (κ1) is 18.7. The highest BCUT2D eigenvalue weighted by Crippen LogP contribution is 2.32. The molecule has 2 aliphatic heterocycles. The van der Waals surface area contributed by atoms with Gasteiger partial charge in [-0.05, 0) is 61.4 Å². The van der Waals surface area contributed by atoms with E-state index in [2.05, 4.69) is 15.7 Å². The van der Waals surface area contributed by atoms with E-state index >= 15 is 0 Å². The van der Waals surface area contributed by atoms with E-state index in [-0.39, 0.29) is 6.54 Å². The van der Waals surface area contributed by atoms with Crippen LogP contribution in [0.5, 0.6) is 0 Å². The van der Waals surface area contributed by atoms with Crippen LogP contribution in [0.15, 0.2) is 52.8 Å². The molecule has 0 radical (unpaired) electrons. The molecule has 148 valence electrons. The van der Waals surface area contributed by atoms with Crippen LogP contribution in [0.4, 0.5) is 15.8 Å². The fraction of sp³-hybridized carbons (Fsp3) is 0.250. The Morgan fingerprint density at radius 3 is 2.48 bits per heavy atom. The largest absolute Gasteiger partial charge is 0.324 e. The second-order valence-corrected chi connectivity index (χ2v) is 7.03. The second-order valence-electron chi connectivity index (χ2n) is 7.03. The molecule has 1 N–H and O–H groups in total. The van der Waals surface area contributed by atoms with E-state index in [1.165, 1.54) is 29.3 Å². The van der Waals surface area contributed by atoms with Crippen LogP contribution < -0.4 is 10.2 Å². The Balaban J connectivity index is 1.49. The van der Waals surface area contributed by atoms with E-state index in [0.717, 1.165) is 16.0 Å². The van der Waals surface area contributed by atoms with Gasteiger partial charge in [0.15, 0.2) is 12.1 Å². The molecule has 0 bridgehead atoms. The van der Waals surface area contributed by atoms with Gasteiger partial charge in [-0.15, -0.1) is 0 Å². The van der Waals surface area contributed by atoms with Crippen LogP contribution in [0.1, 0.15) is 11.1 Å². The number of hydrogen-bond donors (Lipinski definition) is 1. The number of hydrogen-bond acceptors (Lipinski definition) is 6. The lowest BCUT2D eigenvalue weighted by atomic mass is 10.1. The third kappa shape index (κ3) is 3.35. The normalized spacial score (nSPS) is 20.4. The molecular formula is C20H18FN5O3. The Hall–Kier alpha value is -3.62. The molecule has 2 heterocycles. The minimum absolute atomic E-state index is 0.262. The average Bonchev–Trinajstić information content (AvgIpc) is 3.20. The van der Waals surface area contributed by atoms with Gasteiger partial charge in [0.05, 0.1) is 5.69 Å². The van der Waals surface area contributed by atoms with Gasteiger partial charge in [-0.2, -0.15) is 5.11 Å². The first-order valence-electron chi connectivity index (χ1n) is 9.03. The second kappa shape index (κ2) is 7.08. The van der Waals surface area contributed by atoms with Crippen LogP contribution >= 0.6 is 0 Å². The summed E-state index contributed by atoms with van der Waals surface area (Å²) in [5, 5.41) is 11.6. The maximum absolute atomic E-state index is 13.0. The van der Waals surface area contributed by atoms with Crippen molar-refractivity contribution in [3.8, 4) is 0 Å². The molecule has 1 saturated heterocycles. The molecule has 29 heavy (non-hydrogen) atoms. The summed E-state index contributed by atoms with van der Waals surface area (Å²) >= 11 is 0. The van der Waals surface area contributed by atoms with Crippen molar-refractivity contribution in [3.63, 3.8) is 0 Å². The molecule has 0 aromatic heterocycles. The van der Waals surface area contributed by atoms with Gasteiger partial charge in [0.25, 0.3) is 11.8 Å². The molecule has 0 spiro atoms. The van der Waals surface area contributed by atoms with Crippen molar-refractivity contribution in [3.05, 3.63) is 59.4 Å². The van der Waals surface area contributed by atoms with Gasteiger partial charge in [0, 0.05) is 5.69 Å². The number of benzene rings is 2. The Morgan fingerprint density at radius 2 is 1.79 bits per heavy atom. The molecule has 2 atom stereocenters. The van der Waals surface area contributed by atoms with Crippen molar-refractivity contribution in [2.24, 2.45) is 10.3 Å². The van der Waals surface area contributed by atoms with Crippen molar-refractivity contribution in [2.45, 2.75) is 25.9 Å². The number of carbonyl (C=O) groups excluding carboxylic acids is 3. The maximum atomic E-state index is 13.0. The quantitative estimate of drug-likeness (QED) is 0.804. The third-order valence-electron chi connectivity index (χ3n) is 5.04. The van der Waals surface area contributed by atoms with Gasteiger partial charge in [-0.3, -0.25) is 19.4 Å². The third-order valence-corrected chi connectivity index (χ3v) is 5.04. The zero-order chi connectivity index (χ0) is 20.7. The summed E-state index contributed by atoms with van der Waals surface area (Å²) in [7, 11) is 0. The van der Waals surface area contributed by atoms with E-state index < -0.39 is 35.6 Å². The SMILES string of the molecule is Cc1ccc(N2C(=O)[C@@H]3N=NN(CC(=O)Nc4ccc(F)cc4)[C@H]3C2=O)cc1C. The van der Waals surface area contributed by atoms with Crippen molar-refractivity contribution in [2.75, 3.05) is 16.8 Å². The predicted octanol–water partition coefficient (Wildman–Crippen LogP) is 2.37. The molecule has 9 heteroatoms. The fourth-order valence-electron chi connectivity index (χ4n) is 3.35. The molecule has 2 aliphatic rings. The zero-order valence-corrected chi connectivity index (χ0v) is 15.8. The fourth-order valence-corrected chi connectivity index (χ4v) is 3.35. The molecule has 1 fully saturated rings. The van der Waals surface area contributed by atoms with Crippen molar-refractivity contribution in [1.82, 2.24) is 5.01 Å². The molecule has 0 unspecified atom stereocenters. The summed E-state index contributed by atoms with van der Waals surface area (Å²) in [6.45, 7) is 3.58. The molecule has 3 amide bonds. The van der Waals surface area contributed by atoms with Gasteiger partial charge < -0.3 is 5.32 Å². The number of imide groups is 1. The van der Waals surface area contributed by atoms with Crippen LogP contribution in [-0.2, 0) is 14.4 Å². The van der Waals surface area contributed by atoms with Gasteiger partial charge >= 0.3 is 0 Å². The lowest BCUT2D eigenvalue weighted by molar-refractivity contribution is -0.123. The number of amides is 3. The minimum Gasteiger partial charge on any atom is -0.324 e. The number of nitrogens with one attached hydrogen (secondary N) is 1. The Bertz CT molecular complexity index is 1040. The molecule has 2 aromatic rings. The van der Waals surface area contributed by atoms with Gasteiger partial charge in [-0.1, -0.05) is 11.3 Å². The Kier molecular flexibility index (Phi) is 4.57. The predicted molar refractivity (Wildman–Crippen MR) is 103 cm³/mol. The summed E-state index contributed by atoms with van der Waals surface area (Å²) in [6, 6.07) is 8.70. The number of anilines is 2. The number of nitrogens with zero attached hydrogens (tertiary/aromatic N) is 4. The molecular weight excluding hydrogens is 377 g/mol. The van der Waals surface area contributed by atoms with Crippen LogP contribution in [0.25, 0.3) is 0 Å². The van der Waals surface area contributed by atoms with Gasteiger partial charge in [-0.25, -0.2) is 9.29 Å². The lowest BCUT2D eigenvalue weighted by Crippen LogP contribution is -2.43. The summed E-state index contributed by atoms with van der Waals surface area (Å²) in [4.78, 5) is 39.1. The zero-order valence-electron chi connectivity index (χ0n) is 15.8. The van der Waals surface area contributed by atoms with E-state index in [9.17, 15) is 18.8 Å². The van der Waals surface area contributed by atoms with Crippen LogP contribution in [0.3, 0.4) is 0 Å². The Labute approximate surface area is 166 Å². The Morgan fingerprint density at radius 1 is 1.07 bits per heavy atom. The maximum Gasteiger partial charge on any atom is 0.263 e. The highest BCUT2D eigenvalue weighted by atomic mass is 19.1. The van der Waals surface area contributed by atoms with E-state index in [1.54, 1.807) is 12.1 Å². The van der Waals surface area contributed by atoms with E-state index in [0.29, 0.717) is 11.4 Å². The van der Waals surface area contributed by atoms with Crippen molar-refractivity contribution >= 4 is 29.1 Å². The van der Waals surface area contributed by atoms with E-state index in [1.807, 2.05) is 19.9 Å². The van der Waals surface area contributed by atoms with Crippen LogP contribution in [-0.4, -0.2) is 41.4 Å². The molecule has 0 saturated carbocycles. The average molecular weight is 395 g/mol. The summed E-state index contributed by atoms with van der Waals surface area (Å²) in [5.41, 5.74) is 2.89. The highest BCUT2D eigenvalue weighted by molar-refractivity contribution is 6.25. The highest BCUT2D eigenvalue weighted by Gasteiger charge is 2.55. The van der Waals surface area contributed by atoms with Crippen molar-refractivity contribution < 1.29 is 18.8 Å². The molecule has 8 nitrogen and oxygen atoms in total.